The molecule has 0 bridgehead atoms. The molecule has 0 unspecified atom stereocenters. The van der Waals surface area contributed by atoms with Gasteiger partial charge in [-0.3, -0.25) is 0 Å². The average molecular weight is 527 g/mol. The maximum atomic E-state index is 5.26. The highest BCUT2D eigenvalue weighted by atomic mass is 127. The normalized spacial score (nSPS) is 14.5. The number of aryl methyl sites for hydroxylation is 1. The molecule has 1 fully saturated rings. The Labute approximate surface area is 196 Å². The number of ether oxygens (including phenoxy) is 1. The quantitative estimate of drug-likeness (QED) is 0.259. The van der Waals surface area contributed by atoms with Gasteiger partial charge in [-0.1, -0.05) is 13.3 Å². The number of unbranched alkanes of at least 4 members (excludes halogenated alkanes) is 1. The Hall–Kier alpha value is -2.04. The Morgan fingerprint density at radius 1 is 1.13 bits per heavy atom. The fourth-order valence-electron chi connectivity index (χ4n) is 3.35. The molecular weight excluding hydrogens is 493 g/mol. The second kappa shape index (κ2) is 12.0. The maximum Gasteiger partial charge on any atom is 0.194 e. The molecule has 9 heteroatoms. The van der Waals surface area contributed by atoms with Crippen molar-refractivity contribution in [1.82, 2.24) is 25.0 Å². The van der Waals surface area contributed by atoms with E-state index >= 15 is 0 Å². The number of rotatable bonds is 7. The fraction of sp³-hybridized carbons (Fsp3) is 0.571. The van der Waals surface area contributed by atoms with Gasteiger partial charge in [0.05, 0.1) is 7.11 Å². The van der Waals surface area contributed by atoms with E-state index in [0.29, 0.717) is 6.54 Å². The van der Waals surface area contributed by atoms with E-state index in [1.807, 2.05) is 30.7 Å². The van der Waals surface area contributed by atoms with Crippen LogP contribution in [0.25, 0.3) is 0 Å². The number of anilines is 1. The number of nitrogens with zero attached hydrogens (tertiary/aromatic N) is 6. The first-order valence-corrected chi connectivity index (χ1v) is 10.4. The third-order valence-electron chi connectivity index (χ3n) is 5.38. The van der Waals surface area contributed by atoms with Crippen molar-refractivity contribution in [1.29, 1.82) is 0 Å². The van der Waals surface area contributed by atoms with E-state index in [9.17, 15) is 0 Å². The van der Waals surface area contributed by atoms with Crippen molar-refractivity contribution in [3.05, 3.63) is 35.9 Å². The molecule has 30 heavy (non-hydrogen) atoms. The predicted molar refractivity (Wildman–Crippen MR) is 132 cm³/mol. The van der Waals surface area contributed by atoms with Gasteiger partial charge in [-0.15, -0.1) is 34.2 Å². The van der Waals surface area contributed by atoms with E-state index in [0.717, 1.165) is 68.9 Å². The molecule has 1 aromatic heterocycles. The minimum absolute atomic E-state index is 0. The molecule has 1 saturated heterocycles. The zero-order valence-corrected chi connectivity index (χ0v) is 20.8. The van der Waals surface area contributed by atoms with Crippen LogP contribution in [0.1, 0.15) is 31.4 Å². The first-order valence-electron chi connectivity index (χ1n) is 10.4. The van der Waals surface area contributed by atoms with Crippen molar-refractivity contribution in [2.75, 3.05) is 44.7 Å². The summed E-state index contributed by atoms with van der Waals surface area (Å²) in [5.74, 6) is 3.65. The summed E-state index contributed by atoms with van der Waals surface area (Å²) in [6.45, 7) is 9.42. The highest BCUT2D eigenvalue weighted by molar-refractivity contribution is 14.0. The molecule has 1 N–H and O–H groups in total. The molecule has 0 amide bonds. The van der Waals surface area contributed by atoms with Crippen LogP contribution in [0.4, 0.5) is 5.69 Å². The number of piperazine rings is 1. The molecule has 8 nitrogen and oxygen atoms in total. The topological polar surface area (TPSA) is 70.8 Å². The van der Waals surface area contributed by atoms with E-state index in [1.54, 1.807) is 7.11 Å². The summed E-state index contributed by atoms with van der Waals surface area (Å²) in [7, 11) is 3.68. The summed E-state index contributed by atoms with van der Waals surface area (Å²) in [6.07, 6.45) is 2.29. The summed E-state index contributed by atoms with van der Waals surface area (Å²) in [6, 6.07) is 8.28. The standard InChI is InChI=1S/C21H33N7O.HI/c1-5-6-11-22-21(23-16-20-25-24-17(2)26(20)3)28-14-12-27(13-15-28)18-7-9-19(29-4)10-8-18;/h7-10H,5-6,11-16H2,1-4H3,(H,22,23);1H. The molecule has 1 aliphatic heterocycles. The monoisotopic (exact) mass is 527 g/mol. The van der Waals surface area contributed by atoms with E-state index in [2.05, 4.69) is 44.4 Å². The van der Waals surface area contributed by atoms with Gasteiger partial charge in [0.25, 0.3) is 0 Å². The first-order chi connectivity index (χ1) is 14.1. The minimum Gasteiger partial charge on any atom is -0.497 e. The number of benzene rings is 1. The molecule has 166 valence electrons. The van der Waals surface area contributed by atoms with Gasteiger partial charge in [0, 0.05) is 45.5 Å². The van der Waals surface area contributed by atoms with Crippen molar-refractivity contribution in [3.8, 4) is 5.75 Å². The highest BCUT2D eigenvalue weighted by Crippen LogP contribution is 2.20. The maximum absolute atomic E-state index is 5.26. The molecular formula is C21H34IN7O. The molecule has 0 atom stereocenters. The van der Waals surface area contributed by atoms with Crippen LogP contribution in [-0.4, -0.2) is 65.5 Å². The Kier molecular flexibility index (Phi) is 9.67. The van der Waals surface area contributed by atoms with Gasteiger partial charge in [-0.2, -0.15) is 0 Å². The molecule has 0 spiro atoms. The van der Waals surface area contributed by atoms with Gasteiger partial charge in [0.15, 0.2) is 11.8 Å². The van der Waals surface area contributed by atoms with Gasteiger partial charge in [0.1, 0.15) is 18.1 Å². The van der Waals surface area contributed by atoms with Gasteiger partial charge >= 0.3 is 0 Å². The molecule has 0 saturated carbocycles. The van der Waals surface area contributed by atoms with Crippen LogP contribution in [0.15, 0.2) is 29.3 Å². The van der Waals surface area contributed by atoms with Gasteiger partial charge < -0.3 is 24.4 Å². The van der Waals surface area contributed by atoms with E-state index in [1.165, 1.54) is 5.69 Å². The first kappa shape index (κ1) is 24.2. The predicted octanol–water partition coefficient (Wildman–Crippen LogP) is 2.82. The second-order valence-electron chi connectivity index (χ2n) is 7.31. The lowest BCUT2D eigenvalue weighted by Gasteiger charge is -2.37. The summed E-state index contributed by atoms with van der Waals surface area (Å²) >= 11 is 0. The number of methoxy groups -OCH3 is 1. The number of guanidine groups is 1. The van der Waals surface area contributed by atoms with E-state index in [-0.39, 0.29) is 24.0 Å². The Morgan fingerprint density at radius 3 is 2.40 bits per heavy atom. The van der Waals surface area contributed by atoms with Crippen LogP contribution in [0.3, 0.4) is 0 Å². The molecule has 2 heterocycles. The third kappa shape index (κ3) is 6.23. The molecule has 1 aromatic carbocycles. The summed E-state index contributed by atoms with van der Waals surface area (Å²) in [5.41, 5.74) is 1.23. The van der Waals surface area contributed by atoms with Crippen molar-refractivity contribution >= 4 is 35.6 Å². The van der Waals surface area contributed by atoms with Crippen molar-refractivity contribution in [2.45, 2.75) is 33.2 Å². The number of nitrogens with one attached hydrogen (secondary N) is 1. The zero-order valence-electron chi connectivity index (χ0n) is 18.5. The molecule has 1 aliphatic rings. The molecule has 0 aliphatic carbocycles. The largest absolute Gasteiger partial charge is 0.497 e. The lowest BCUT2D eigenvalue weighted by molar-refractivity contribution is 0.371. The van der Waals surface area contributed by atoms with Crippen LogP contribution in [0.2, 0.25) is 0 Å². The highest BCUT2D eigenvalue weighted by Gasteiger charge is 2.20. The Bertz CT molecular complexity index is 798. The fourth-order valence-corrected chi connectivity index (χ4v) is 3.35. The number of aliphatic imine (C=N–C) groups is 1. The van der Waals surface area contributed by atoms with E-state index < -0.39 is 0 Å². The molecule has 3 rings (SSSR count). The molecule has 2 aromatic rings. The number of aromatic nitrogens is 3. The van der Waals surface area contributed by atoms with Gasteiger partial charge in [-0.05, 0) is 37.6 Å². The summed E-state index contributed by atoms with van der Waals surface area (Å²) in [4.78, 5) is 9.61. The SMILES string of the molecule is CCCCNC(=NCc1nnc(C)n1C)N1CCN(c2ccc(OC)cc2)CC1.I. The van der Waals surface area contributed by atoms with Crippen LogP contribution in [0.5, 0.6) is 5.75 Å². The van der Waals surface area contributed by atoms with E-state index in [4.69, 9.17) is 9.73 Å². The van der Waals surface area contributed by atoms with Crippen molar-refractivity contribution < 1.29 is 4.74 Å². The Morgan fingerprint density at radius 2 is 1.83 bits per heavy atom. The summed E-state index contributed by atoms with van der Waals surface area (Å²) in [5, 5.41) is 11.9. The van der Waals surface area contributed by atoms with Crippen LogP contribution in [-0.2, 0) is 13.6 Å². The second-order valence-corrected chi connectivity index (χ2v) is 7.31. The lowest BCUT2D eigenvalue weighted by atomic mass is 10.2. The van der Waals surface area contributed by atoms with Crippen LogP contribution in [0, 0.1) is 6.92 Å². The zero-order chi connectivity index (χ0) is 20.6. The van der Waals surface area contributed by atoms with Crippen LogP contribution >= 0.6 is 24.0 Å². The third-order valence-corrected chi connectivity index (χ3v) is 5.38. The van der Waals surface area contributed by atoms with Gasteiger partial charge in [-0.25, -0.2) is 4.99 Å². The minimum atomic E-state index is 0. The Balaban J connectivity index is 0.00000320. The average Bonchev–Trinajstić information content (AvgIpc) is 3.08. The lowest BCUT2D eigenvalue weighted by Crippen LogP contribution is -2.52. The molecule has 0 radical (unpaired) electrons. The number of hydrogen-bond donors (Lipinski definition) is 1. The smallest absolute Gasteiger partial charge is 0.194 e. The number of hydrogen-bond acceptors (Lipinski definition) is 5. The summed E-state index contributed by atoms with van der Waals surface area (Å²) < 4.78 is 7.26. The van der Waals surface area contributed by atoms with Crippen molar-refractivity contribution in [3.63, 3.8) is 0 Å². The van der Waals surface area contributed by atoms with Gasteiger partial charge in [0.2, 0.25) is 0 Å². The van der Waals surface area contributed by atoms with Crippen molar-refractivity contribution in [2.24, 2.45) is 12.0 Å². The number of halogens is 1. The van der Waals surface area contributed by atoms with Crippen LogP contribution < -0.4 is 15.0 Å².